The number of hydrogen-bond donors (Lipinski definition) is 2. The van der Waals surface area contributed by atoms with Crippen molar-refractivity contribution in [1.82, 2.24) is 10.3 Å². The van der Waals surface area contributed by atoms with E-state index in [0.29, 0.717) is 25.1 Å². The Morgan fingerprint density at radius 2 is 2.08 bits per heavy atom. The van der Waals surface area contributed by atoms with Gasteiger partial charge in [0.1, 0.15) is 17.1 Å². The minimum Gasteiger partial charge on any atom is -0.444 e. The standard InChI is InChI=1S/C16H23F3N4O2/c1-15(2,3)25-14(24)21-11-6-7-23(9-11)13-10(8-20)4-5-12(22-13)16(17,18)19/h4-5,11H,6-9,20H2,1-3H3,(H,21,24)/t11-/m1/s1. The molecule has 140 valence electrons. The number of pyridine rings is 1. The van der Waals surface area contributed by atoms with Gasteiger partial charge in [-0.3, -0.25) is 0 Å². The van der Waals surface area contributed by atoms with E-state index in [-0.39, 0.29) is 18.4 Å². The SMILES string of the molecule is CC(C)(C)OC(=O)N[C@@H]1CCN(c2nc(C(F)(F)F)ccc2CN)C1. The zero-order chi connectivity index (χ0) is 18.8. The van der Waals surface area contributed by atoms with Crippen molar-refractivity contribution in [2.45, 2.75) is 51.6 Å². The van der Waals surface area contributed by atoms with Crippen LogP contribution in [0.3, 0.4) is 0 Å². The van der Waals surface area contributed by atoms with E-state index in [2.05, 4.69) is 10.3 Å². The number of halogens is 3. The van der Waals surface area contributed by atoms with Crippen molar-refractivity contribution in [2.24, 2.45) is 5.73 Å². The number of aromatic nitrogens is 1. The smallest absolute Gasteiger partial charge is 0.433 e. The zero-order valence-electron chi connectivity index (χ0n) is 14.5. The number of anilines is 1. The van der Waals surface area contributed by atoms with Gasteiger partial charge in [-0.1, -0.05) is 6.07 Å². The number of carbonyl (C=O) groups excluding carboxylic acids is 1. The van der Waals surface area contributed by atoms with Crippen LogP contribution in [0.1, 0.15) is 38.4 Å². The van der Waals surface area contributed by atoms with Gasteiger partial charge in [0.25, 0.3) is 0 Å². The summed E-state index contributed by atoms with van der Waals surface area (Å²) < 4.78 is 43.9. The Hall–Kier alpha value is -2.03. The predicted molar refractivity (Wildman–Crippen MR) is 87.1 cm³/mol. The Balaban J connectivity index is 2.09. The maximum Gasteiger partial charge on any atom is 0.433 e. The Labute approximate surface area is 144 Å². The first-order chi connectivity index (χ1) is 11.5. The molecule has 2 heterocycles. The van der Waals surface area contributed by atoms with Crippen molar-refractivity contribution in [1.29, 1.82) is 0 Å². The summed E-state index contributed by atoms with van der Waals surface area (Å²) in [4.78, 5) is 17.3. The second-order valence-electron chi connectivity index (χ2n) is 6.96. The topological polar surface area (TPSA) is 80.5 Å². The molecule has 2 rings (SSSR count). The minimum atomic E-state index is -4.52. The molecular formula is C16H23F3N4O2. The van der Waals surface area contributed by atoms with Crippen molar-refractivity contribution in [3.8, 4) is 0 Å². The van der Waals surface area contributed by atoms with E-state index in [0.717, 1.165) is 6.07 Å². The third kappa shape index (κ3) is 5.22. The molecule has 0 aliphatic carbocycles. The Morgan fingerprint density at radius 1 is 1.40 bits per heavy atom. The molecule has 0 spiro atoms. The number of hydrogen-bond acceptors (Lipinski definition) is 5. The molecule has 6 nitrogen and oxygen atoms in total. The van der Waals surface area contributed by atoms with Gasteiger partial charge in [0.05, 0.1) is 6.04 Å². The van der Waals surface area contributed by atoms with Gasteiger partial charge in [0.2, 0.25) is 0 Å². The van der Waals surface area contributed by atoms with Gasteiger partial charge < -0.3 is 20.7 Å². The van der Waals surface area contributed by atoms with Gasteiger partial charge in [-0.05, 0) is 33.3 Å². The molecule has 0 bridgehead atoms. The molecule has 3 N–H and O–H groups in total. The fourth-order valence-electron chi connectivity index (χ4n) is 2.61. The summed E-state index contributed by atoms with van der Waals surface area (Å²) >= 11 is 0. The van der Waals surface area contributed by atoms with E-state index in [9.17, 15) is 18.0 Å². The van der Waals surface area contributed by atoms with Crippen LogP contribution in [0.25, 0.3) is 0 Å². The van der Waals surface area contributed by atoms with Crippen LogP contribution in [0.4, 0.5) is 23.8 Å². The summed E-state index contributed by atoms with van der Waals surface area (Å²) in [5.41, 5.74) is 4.59. The fraction of sp³-hybridized carbons (Fsp3) is 0.625. The van der Waals surface area contributed by atoms with Gasteiger partial charge in [-0.15, -0.1) is 0 Å². The third-order valence-corrected chi connectivity index (χ3v) is 3.67. The molecular weight excluding hydrogens is 337 g/mol. The lowest BCUT2D eigenvalue weighted by Crippen LogP contribution is -2.40. The molecule has 1 saturated heterocycles. The summed E-state index contributed by atoms with van der Waals surface area (Å²) in [6.07, 6.45) is -4.48. The minimum absolute atomic E-state index is 0.0845. The molecule has 1 atom stereocenters. The molecule has 1 aliphatic heterocycles. The van der Waals surface area contributed by atoms with Crippen LogP contribution in [0.2, 0.25) is 0 Å². The summed E-state index contributed by atoms with van der Waals surface area (Å²) in [6, 6.07) is 2.05. The Bertz CT molecular complexity index is 629. The number of rotatable bonds is 3. The number of nitrogens with zero attached hydrogens (tertiary/aromatic N) is 2. The molecule has 1 fully saturated rings. The van der Waals surface area contributed by atoms with Gasteiger partial charge in [0.15, 0.2) is 0 Å². The van der Waals surface area contributed by atoms with Crippen molar-refractivity contribution in [3.05, 3.63) is 23.4 Å². The van der Waals surface area contributed by atoms with Crippen LogP contribution in [-0.4, -0.2) is 35.8 Å². The first kappa shape index (κ1) is 19.3. The highest BCUT2D eigenvalue weighted by atomic mass is 19.4. The predicted octanol–water partition coefficient (Wildman–Crippen LogP) is 2.66. The fourth-order valence-corrected chi connectivity index (χ4v) is 2.61. The third-order valence-electron chi connectivity index (χ3n) is 3.67. The lowest BCUT2D eigenvalue weighted by atomic mass is 10.2. The summed E-state index contributed by atoms with van der Waals surface area (Å²) in [6.45, 7) is 6.18. The number of alkyl halides is 3. The van der Waals surface area contributed by atoms with Gasteiger partial charge in [0, 0.05) is 25.2 Å². The largest absolute Gasteiger partial charge is 0.444 e. The van der Waals surface area contributed by atoms with Crippen LogP contribution >= 0.6 is 0 Å². The number of ether oxygens (including phenoxy) is 1. The van der Waals surface area contributed by atoms with E-state index >= 15 is 0 Å². The monoisotopic (exact) mass is 360 g/mol. The molecule has 25 heavy (non-hydrogen) atoms. The first-order valence-corrected chi connectivity index (χ1v) is 8.01. The molecule has 1 aromatic heterocycles. The normalized spacial score (nSPS) is 18.4. The van der Waals surface area contributed by atoms with Gasteiger partial charge in [-0.25, -0.2) is 9.78 Å². The molecule has 1 aromatic rings. The highest BCUT2D eigenvalue weighted by molar-refractivity contribution is 5.68. The molecule has 0 aromatic carbocycles. The zero-order valence-corrected chi connectivity index (χ0v) is 14.5. The quantitative estimate of drug-likeness (QED) is 0.866. The van der Waals surface area contributed by atoms with E-state index < -0.39 is 23.6 Å². The van der Waals surface area contributed by atoms with Crippen molar-refractivity contribution in [3.63, 3.8) is 0 Å². The van der Waals surface area contributed by atoms with Crippen molar-refractivity contribution < 1.29 is 22.7 Å². The van der Waals surface area contributed by atoms with Crippen LogP contribution in [-0.2, 0) is 17.5 Å². The average Bonchev–Trinajstić information content (AvgIpc) is 2.91. The van der Waals surface area contributed by atoms with Crippen LogP contribution < -0.4 is 16.0 Å². The van der Waals surface area contributed by atoms with Gasteiger partial charge >= 0.3 is 12.3 Å². The maximum absolute atomic E-state index is 12.9. The summed E-state index contributed by atoms with van der Waals surface area (Å²) in [5, 5.41) is 2.73. The lowest BCUT2D eigenvalue weighted by molar-refractivity contribution is -0.141. The Kier molecular flexibility index (Phi) is 5.46. The van der Waals surface area contributed by atoms with Crippen LogP contribution in [0.5, 0.6) is 0 Å². The maximum atomic E-state index is 12.9. The van der Waals surface area contributed by atoms with E-state index in [1.807, 2.05) is 0 Å². The first-order valence-electron chi connectivity index (χ1n) is 8.01. The summed E-state index contributed by atoms with van der Waals surface area (Å²) in [5.74, 6) is 0.214. The number of alkyl carbamates (subject to hydrolysis) is 1. The van der Waals surface area contributed by atoms with Gasteiger partial charge in [-0.2, -0.15) is 13.2 Å². The lowest BCUT2D eigenvalue weighted by Gasteiger charge is -2.23. The number of nitrogens with two attached hydrogens (primary N) is 1. The molecule has 1 amide bonds. The highest BCUT2D eigenvalue weighted by Crippen LogP contribution is 2.31. The summed E-state index contributed by atoms with van der Waals surface area (Å²) in [7, 11) is 0. The number of nitrogens with one attached hydrogen (secondary N) is 1. The van der Waals surface area contributed by atoms with Crippen molar-refractivity contribution in [2.75, 3.05) is 18.0 Å². The Morgan fingerprint density at radius 3 is 2.64 bits per heavy atom. The molecule has 0 radical (unpaired) electrons. The molecule has 1 aliphatic rings. The van der Waals surface area contributed by atoms with E-state index in [4.69, 9.17) is 10.5 Å². The second-order valence-corrected chi connectivity index (χ2v) is 6.96. The van der Waals surface area contributed by atoms with Crippen LogP contribution in [0.15, 0.2) is 12.1 Å². The van der Waals surface area contributed by atoms with Crippen LogP contribution in [0, 0.1) is 0 Å². The second kappa shape index (κ2) is 7.07. The van der Waals surface area contributed by atoms with E-state index in [1.54, 1.807) is 25.7 Å². The molecule has 0 saturated carbocycles. The molecule has 0 unspecified atom stereocenters. The highest BCUT2D eigenvalue weighted by Gasteiger charge is 2.34. The average molecular weight is 360 g/mol. The van der Waals surface area contributed by atoms with E-state index in [1.165, 1.54) is 6.07 Å². The van der Waals surface area contributed by atoms with Crippen molar-refractivity contribution >= 4 is 11.9 Å². The number of carbonyl (C=O) groups is 1. The number of amides is 1. The molecule has 9 heteroatoms.